The number of rotatable bonds is 5. The highest BCUT2D eigenvalue weighted by molar-refractivity contribution is 9.10. The third-order valence-electron chi connectivity index (χ3n) is 4.20. The Morgan fingerprint density at radius 2 is 2.00 bits per heavy atom. The fourth-order valence-corrected chi connectivity index (χ4v) is 3.19. The van der Waals surface area contributed by atoms with Crippen molar-refractivity contribution in [3.63, 3.8) is 0 Å². The number of hydrogen-bond acceptors (Lipinski definition) is 4. The minimum Gasteiger partial charge on any atom is -0.497 e. The van der Waals surface area contributed by atoms with E-state index in [1.54, 1.807) is 25.5 Å². The van der Waals surface area contributed by atoms with E-state index in [9.17, 15) is 4.79 Å². The van der Waals surface area contributed by atoms with Gasteiger partial charge in [0.1, 0.15) is 11.3 Å². The largest absolute Gasteiger partial charge is 0.497 e. The van der Waals surface area contributed by atoms with Crippen LogP contribution in [0.2, 0.25) is 0 Å². The molecule has 0 unspecified atom stereocenters. The Kier molecular flexibility index (Phi) is 4.99. The monoisotopic (exact) mass is 437 g/mol. The Morgan fingerprint density at radius 3 is 2.79 bits per heavy atom. The molecular weight excluding hydrogens is 422 g/mol. The molecule has 6 nitrogen and oxygen atoms in total. The first-order chi connectivity index (χ1) is 13.6. The zero-order valence-corrected chi connectivity index (χ0v) is 16.5. The number of amides is 1. The molecule has 4 rings (SSSR count). The molecule has 0 atom stereocenters. The summed E-state index contributed by atoms with van der Waals surface area (Å²) >= 11 is 3.40. The van der Waals surface area contributed by atoms with Gasteiger partial charge in [-0.1, -0.05) is 15.9 Å². The van der Waals surface area contributed by atoms with Crippen molar-refractivity contribution in [3.8, 4) is 11.4 Å². The normalized spacial score (nSPS) is 11.2. The Labute approximate surface area is 169 Å². The molecule has 1 amide bonds. The van der Waals surface area contributed by atoms with Crippen LogP contribution < -0.4 is 10.2 Å². The van der Waals surface area contributed by atoms with Crippen LogP contribution in [0.4, 0.5) is 0 Å². The zero-order chi connectivity index (χ0) is 19.5. The Morgan fingerprint density at radius 1 is 1.18 bits per heavy atom. The van der Waals surface area contributed by atoms with E-state index in [2.05, 4.69) is 26.5 Å². The van der Waals surface area contributed by atoms with Gasteiger partial charge in [0.05, 0.1) is 19.0 Å². The molecule has 0 aliphatic carbocycles. The second-order valence-corrected chi connectivity index (χ2v) is 6.91. The van der Waals surface area contributed by atoms with Crippen LogP contribution in [0.25, 0.3) is 16.7 Å². The highest BCUT2D eigenvalue weighted by Crippen LogP contribution is 2.23. The quantitative estimate of drug-likeness (QED) is 0.361. The topological polar surface area (TPSA) is 68.8 Å². The lowest BCUT2D eigenvalue weighted by Crippen LogP contribution is -2.17. The summed E-state index contributed by atoms with van der Waals surface area (Å²) in [5.74, 6) is 0.582. The number of nitrogens with zero attached hydrogens (tertiary/aromatic N) is 2. The zero-order valence-electron chi connectivity index (χ0n) is 14.9. The maximum Gasteiger partial charge on any atom is 0.307 e. The van der Waals surface area contributed by atoms with E-state index in [0.29, 0.717) is 5.58 Å². The molecule has 0 aliphatic rings. The van der Waals surface area contributed by atoms with Crippen molar-refractivity contribution < 1.29 is 13.9 Å². The summed E-state index contributed by atoms with van der Waals surface area (Å²) in [7, 11) is 1.63. The molecular formula is C21H16BrN3O3. The van der Waals surface area contributed by atoms with Crippen molar-refractivity contribution in [3.05, 3.63) is 82.8 Å². The van der Waals surface area contributed by atoms with E-state index < -0.39 is 5.91 Å². The second kappa shape index (κ2) is 7.74. The number of ether oxygens (including phenoxy) is 1. The van der Waals surface area contributed by atoms with Crippen LogP contribution >= 0.6 is 15.9 Å². The molecule has 2 heterocycles. The minimum atomic E-state index is -0.411. The van der Waals surface area contributed by atoms with Crippen LogP contribution in [0.15, 0.2) is 80.9 Å². The average Bonchev–Trinajstić information content (AvgIpc) is 3.34. The van der Waals surface area contributed by atoms with Crippen LogP contribution in [0.5, 0.6) is 5.75 Å². The lowest BCUT2D eigenvalue weighted by atomic mass is 10.2. The standard InChI is InChI=1S/C21H16BrN3O3/c1-27-18-7-5-16(6-8-18)25-10-2-3-17(25)13-23-24-21(26)20-12-14-11-15(22)4-9-19(14)28-20/h2-13H,1H3,(H,24,26)/b23-13+. The fourth-order valence-electron chi connectivity index (χ4n) is 2.82. The van der Waals surface area contributed by atoms with E-state index in [4.69, 9.17) is 9.15 Å². The van der Waals surface area contributed by atoms with Crippen molar-refractivity contribution >= 4 is 39.0 Å². The highest BCUT2D eigenvalue weighted by atomic mass is 79.9. The summed E-state index contributed by atoms with van der Waals surface area (Å²) in [6, 6.07) is 18.7. The van der Waals surface area contributed by atoms with Gasteiger partial charge in [0.2, 0.25) is 0 Å². The maximum atomic E-state index is 12.3. The summed E-state index contributed by atoms with van der Waals surface area (Å²) < 4.78 is 13.6. The van der Waals surface area contributed by atoms with E-state index in [1.165, 1.54) is 0 Å². The summed E-state index contributed by atoms with van der Waals surface area (Å²) in [5.41, 5.74) is 4.92. The number of aromatic nitrogens is 1. The number of methoxy groups -OCH3 is 1. The lowest BCUT2D eigenvalue weighted by molar-refractivity contribution is 0.0929. The van der Waals surface area contributed by atoms with Gasteiger partial charge in [-0.05, 0) is 60.7 Å². The third kappa shape index (κ3) is 3.70. The second-order valence-electron chi connectivity index (χ2n) is 5.99. The molecule has 2 aromatic heterocycles. The van der Waals surface area contributed by atoms with Gasteiger partial charge in [0.15, 0.2) is 5.76 Å². The fraction of sp³-hybridized carbons (Fsp3) is 0.0476. The first-order valence-corrected chi connectivity index (χ1v) is 9.27. The molecule has 140 valence electrons. The van der Waals surface area contributed by atoms with Crippen LogP contribution in [0.3, 0.4) is 0 Å². The number of hydrazone groups is 1. The van der Waals surface area contributed by atoms with Crippen molar-refractivity contribution in [1.29, 1.82) is 0 Å². The number of carbonyl (C=O) groups excluding carboxylic acids is 1. The average molecular weight is 438 g/mol. The molecule has 7 heteroatoms. The molecule has 0 radical (unpaired) electrons. The van der Waals surface area contributed by atoms with Gasteiger partial charge in [-0.3, -0.25) is 4.79 Å². The molecule has 0 fully saturated rings. The number of carbonyl (C=O) groups is 1. The van der Waals surface area contributed by atoms with Gasteiger partial charge in [-0.2, -0.15) is 5.10 Å². The third-order valence-corrected chi connectivity index (χ3v) is 4.69. The van der Waals surface area contributed by atoms with Gasteiger partial charge in [-0.15, -0.1) is 0 Å². The van der Waals surface area contributed by atoms with Crippen molar-refractivity contribution in [2.24, 2.45) is 5.10 Å². The highest BCUT2D eigenvalue weighted by Gasteiger charge is 2.11. The van der Waals surface area contributed by atoms with Gasteiger partial charge in [-0.25, -0.2) is 5.43 Å². The number of hydrogen-bond donors (Lipinski definition) is 1. The van der Waals surface area contributed by atoms with Crippen LogP contribution in [0.1, 0.15) is 16.2 Å². The van der Waals surface area contributed by atoms with Crippen molar-refractivity contribution in [2.45, 2.75) is 0 Å². The Hall–Kier alpha value is -3.32. The first-order valence-electron chi connectivity index (χ1n) is 8.48. The van der Waals surface area contributed by atoms with E-state index in [1.807, 2.05) is 59.3 Å². The summed E-state index contributed by atoms with van der Waals surface area (Å²) in [4.78, 5) is 12.3. The predicted octanol–water partition coefficient (Wildman–Crippen LogP) is 4.76. The molecule has 4 aromatic rings. The molecule has 0 aliphatic heterocycles. The number of furan rings is 1. The van der Waals surface area contributed by atoms with Crippen LogP contribution in [-0.4, -0.2) is 23.8 Å². The van der Waals surface area contributed by atoms with Crippen LogP contribution in [0, 0.1) is 0 Å². The van der Waals surface area contributed by atoms with Gasteiger partial charge in [0, 0.05) is 21.7 Å². The molecule has 2 aromatic carbocycles. The molecule has 0 saturated carbocycles. The van der Waals surface area contributed by atoms with E-state index >= 15 is 0 Å². The number of halogens is 1. The summed E-state index contributed by atoms with van der Waals surface area (Å²) in [5, 5.41) is 4.90. The van der Waals surface area contributed by atoms with Crippen molar-refractivity contribution in [1.82, 2.24) is 9.99 Å². The first kappa shape index (κ1) is 18.1. The van der Waals surface area contributed by atoms with Crippen LogP contribution in [-0.2, 0) is 0 Å². The molecule has 0 spiro atoms. The maximum absolute atomic E-state index is 12.3. The number of benzene rings is 2. The predicted molar refractivity (Wildman–Crippen MR) is 111 cm³/mol. The van der Waals surface area contributed by atoms with E-state index in [-0.39, 0.29) is 5.76 Å². The molecule has 0 bridgehead atoms. The summed E-state index contributed by atoms with van der Waals surface area (Å²) in [6.45, 7) is 0. The van der Waals surface area contributed by atoms with Gasteiger partial charge < -0.3 is 13.7 Å². The molecule has 28 heavy (non-hydrogen) atoms. The summed E-state index contributed by atoms with van der Waals surface area (Å²) in [6.07, 6.45) is 3.50. The Bertz CT molecular complexity index is 1160. The number of nitrogens with one attached hydrogen (secondary N) is 1. The van der Waals surface area contributed by atoms with Gasteiger partial charge in [0.25, 0.3) is 0 Å². The molecule has 0 saturated heterocycles. The number of fused-ring (bicyclic) bond motifs is 1. The Balaban J connectivity index is 1.48. The molecule has 1 N–H and O–H groups in total. The smallest absolute Gasteiger partial charge is 0.307 e. The van der Waals surface area contributed by atoms with E-state index in [0.717, 1.165) is 27.0 Å². The van der Waals surface area contributed by atoms with Crippen molar-refractivity contribution in [2.75, 3.05) is 7.11 Å². The van der Waals surface area contributed by atoms with Gasteiger partial charge >= 0.3 is 5.91 Å². The minimum absolute atomic E-state index is 0.204. The lowest BCUT2D eigenvalue weighted by Gasteiger charge is -2.07. The SMILES string of the molecule is COc1ccc(-n2cccc2/C=N/NC(=O)c2cc3cc(Br)ccc3o2)cc1.